The van der Waals surface area contributed by atoms with Crippen molar-refractivity contribution in [3.63, 3.8) is 0 Å². The van der Waals surface area contributed by atoms with Crippen molar-refractivity contribution in [2.75, 3.05) is 18.4 Å². The molecule has 0 aromatic heterocycles. The molecule has 0 bridgehead atoms. The number of amides is 1. The van der Waals surface area contributed by atoms with E-state index in [-0.39, 0.29) is 10.8 Å². The van der Waals surface area contributed by atoms with Crippen LogP contribution in [0.15, 0.2) is 47.4 Å². The molecular weight excluding hydrogens is 407 g/mol. The number of rotatable bonds is 8. The number of sulfonamides is 1. The third-order valence-corrected chi connectivity index (χ3v) is 6.41. The van der Waals surface area contributed by atoms with Gasteiger partial charge in [-0.2, -0.15) is 4.31 Å². The molecule has 0 saturated heterocycles. The molecular formula is C19H22Cl2N2O3S. The van der Waals surface area contributed by atoms with Gasteiger partial charge in [0.25, 0.3) is 5.91 Å². The molecule has 0 saturated carbocycles. The number of unbranched alkanes of at least 4 members (excludes halogenated alkanes) is 1. The van der Waals surface area contributed by atoms with Gasteiger partial charge in [-0.3, -0.25) is 4.79 Å². The summed E-state index contributed by atoms with van der Waals surface area (Å²) in [6.07, 6.45) is 1.72. The highest BCUT2D eigenvalue weighted by Gasteiger charge is 2.22. The van der Waals surface area contributed by atoms with Gasteiger partial charge in [0, 0.05) is 34.4 Å². The van der Waals surface area contributed by atoms with Crippen LogP contribution in [-0.2, 0) is 10.0 Å². The number of nitrogens with zero attached hydrogens (tertiary/aromatic N) is 1. The minimum absolute atomic E-state index is 0.169. The Labute approximate surface area is 170 Å². The van der Waals surface area contributed by atoms with E-state index < -0.39 is 10.0 Å². The number of nitrogens with one attached hydrogen (secondary N) is 1. The van der Waals surface area contributed by atoms with Crippen LogP contribution >= 0.6 is 23.2 Å². The number of anilines is 1. The molecule has 0 atom stereocenters. The van der Waals surface area contributed by atoms with E-state index in [4.69, 9.17) is 23.2 Å². The van der Waals surface area contributed by atoms with Crippen LogP contribution < -0.4 is 5.32 Å². The molecule has 0 spiro atoms. The quantitative estimate of drug-likeness (QED) is 0.638. The molecule has 0 radical (unpaired) electrons. The van der Waals surface area contributed by atoms with Crippen molar-refractivity contribution < 1.29 is 13.2 Å². The van der Waals surface area contributed by atoms with Crippen LogP contribution in [-0.4, -0.2) is 31.7 Å². The summed E-state index contributed by atoms with van der Waals surface area (Å²) in [5, 5.41) is 3.51. The minimum Gasteiger partial charge on any atom is -0.322 e. The number of carbonyl (C=O) groups is 1. The normalized spacial score (nSPS) is 11.6. The molecule has 8 heteroatoms. The monoisotopic (exact) mass is 428 g/mol. The number of hydrogen-bond donors (Lipinski definition) is 1. The fraction of sp³-hybridized carbons (Fsp3) is 0.316. The van der Waals surface area contributed by atoms with E-state index in [1.807, 2.05) is 13.8 Å². The van der Waals surface area contributed by atoms with E-state index in [2.05, 4.69) is 5.32 Å². The molecule has 1 amide bonds. The Kier molecular flexibility index (Phi) is 7.68. The summed E-state index contributed by atoms with van der Waals surface area (Å²) in [5.41, 5.74) is 0.799. The Bertz CT molecular complexity index is 879. The van der Waals surface area contributed by atoms with E-state index in [1.165, 1.54) is 28.6 Å². The molecule has 2 aromatic rings. The molecule has 0 unspecified atom stereocenters. The van der Waals surface area contributed by atoms with E-state index in [9.17, 15) is 13.2 Å². The highest BCUT2D eigenvalue weighted by Crippen LogP contribution is 2.23. The maximum atomic E-state index is 12.7. The van der Waals surface area contributed by atoms with Crippen LogP contribution in [0.1, 0.15) is 37.0 Å². The summed E-state index contributed by atoms with van der Waals surface area (Å²) in [6, 6.07) is 10.6. The van der Waals surface area contributed by atoms with Crippen LogP contribution in [0.5, 0.6) is 0 Å². The van der Waals surface area contributed by atoms with E-state index in [0.29, 0.717) is 34.4 Å². The number of benzene rings is 2. The topological polar surface area (TPSA) is 66.5 Å². The smallest absolute Gasteiger partial charge is 0.255 e. The Balaban J connectivity index is 2.17. The number of carbonyl (C=O) groups excluding carboxylic acids is 1. The van der Waals surface area contributed by atoms with Crippen molar-refractivity contribution in [2.24, 2.45) is 0 Å². The minimum atomic E-state index is -3.57. The van der Waals surface area contributed by atoms with E-state index in [1.54, 1.807) is 18.2 Å². The molecule has 146 valence electrons. The van der Waals surface area contributed by atoms with Crippen LogP contribution in [0.2, 0.25) is 10.0 Å². The lowest BCUT2D eigenvalue weighted by atomic mass is 10.2. The highest BCUT2D eigenvalue weighted by molar-refractivity contribution is 7.89. The van der Waals surface area contributed by atoms with Crippen molar-refractivity contribution in [2.45, 2.75) is 31.6 Å². The van der Waals surface area contributed by atoms with Gasteiger partial charge in [-0.1, -0.05) is 43.5 Å². The lowest BCUT2D eigenvalue weighted by Gasteiger charge is -2.20. The molecule has 0 aliphatic heterocycles. The van der Waals surface area contributed by atoms with Gasteiger partial charge in [0.05, 0.1) is 4.90 Å². The second-order valence-corrected chi connectivity index (χ2v) is 8.80. The Morgan fingerprint density at radius 2 is 1.63 bits per heavy atom. The van der Waals surface area contributed by atoms with Crippen LogP contribution in [0.25, 0.3) is 0 Å². The summed E-state index contributed by atoms with van der Waals surface area (Å²) < 4.78 is 26.9. The average Bonchev–Trinajstić information content (AvgIpc) is 2.61. The zero-order valence-electron chi connectivity index (χ0n) is 15.2. The average molecular weight is 429 g/mol. The molecule has 2 rings (SSSR count). The van der Waals surface area contributed by atoms with Crippen LogP contribution in [0.3, 0.4) is 0 Å². The van der Waals surface area contributed by atoms with Gasteiger partial charge in [-0.15, -0.1) is 0 Å². The molecule has 0 aliphatic carbocycles. The zero-order chi connectivity index (χ0) is 20.0. The van der Waals surface area contributed by atoms with Crippen LogP contribution in [0, 0.1) is 0 Å². The summed E-state index contributed by atoms with van der Waals surface area (Å²) in [7, 11) is -3.57. The third kappa shape index (κ3) is 5.69. The summed E-state index contributed by atoms with van der Waals surface area (Å²) in [5.74, 6) is -0.379. The first kappa shape index (κ1) is 21.7. The van der Waals surface area contributed by atoms with E-state index >= 15 is 0 Å². The second-order valence-electron chi connectivity index (χ2n) is 5.99. The fourth-order valence-corrected chi connectivity index (χ4v) is 4.55. The maximum absolute atomic E-state index is 12.7. The van der Waals surface area contributed by atoms with Gasteiger partial charge in [0.15, 0.2) is 0 Å². The lowest BCUT2D eigenvalue weighted by molar-refractivity contribution is 0.102. The molecule has 27 heavy (non-hydrogen) atoms. The number of halogens is 2. The van der Waals surface area contributed by atoms with Crippen molar-refractivity contribution in [3.05, 3.63) is 58.1 Å². The largest absolute Gasteiger partial charge is 0.322 e. The van der Waals surface area contributed by atoms with Crippen molar-refractivity contribution >= 4 is 44.8 Å². The zero-order valence-corrected chi connectivity index (χ0v) is 17.5. The predicted octanol–water partition coefficient (Wildman–Crippen LogP) is 5.06. The Hall–Kier alpha value is -1.60. The third-order valence-electron chi connectivity index (χ3n) is 3.99. The van der Waals surface area contributed by atoms with E-state index in [0.717, 1.165) is 12.8 Å². The van der Waals surface area contributed by atoms with Gasteiger partial charge >= 0.3 is 0 Å². The Morgan fingerprint density at radius 1 is 1.04 bits per heavy atom. The van der Waals surface area contributed by atoms with Crippen molar-refractivity contribution in [3.8, 4) is 0 Å². The first-order valence-corrected chi connectivity index (χ1v) is 10.8. The van der Waals surface area contributed by atoms with Gasteiger partial charge in [0.1, 0.15) is 0 Å². The standard InChI is InChI=1S/C19H22Cl2N2O3S/c1-3-5-10-23(4-2)27(25,26)18-8-6-14(7-9-18)19(24)22-17-12-15(20)11-16(21)13-17/h6-9,11-13H,3-5,10H2,1-2H3,(H,22,24). The second kappa shape index (κ2) is 9.55. The fourth-order valence-electron chi connectivity index (χ4n) is 2.54. The first-order chi connectivity index (χ1) is 12.8. The molecule has 1 N–H and O–H groups in total. The van der Waals surface area contributed by atoms with Gasteiger partial charge in [-0.25, -0.2) is 8.42 Å². The first-order valence-electron chi connectivity index (χ1n) is 8.65. The summed E-state index contributed by atoms with van der Waals surface area (Å²) >= 11 is 11.8. The molecule has 0 heterocycles. The van der Waals surface area contributed by atoms with Gasteiger partial charge in [0.2, 0.25) is 10.0 Å². The van der Waals surface area contributed by atoms with Crippen molar-refractivity contribution in [1.29, 1.82) is 0 Å². The molecule has 0 aliphatic rings. The number of hydrogen-bond acceptors (Lipinski definition) is 3. The predicted molar refractivity (Wildman–Crippen MR) is 110 cm³/mol. The summed E-state index contributed by atoms with van der Waals surface area (Å²) in [4.78, 5) is 12.5. The van der Waals surface area contributed by atoms with Crippen LogP contribution in [0.4, 0.5) is 5.69 Å². The Morgan fingerprint density at radius 3 is 2.15 bits per heavy atom. The van der Waals surface area contributed by atoms with Gasteiger partial charge < -0.3 is 5.32 Å². The molecule has 5 nitrogen and oxygen atoms in total. The molecule has 0 fully saturated rings. The van der Waals surface area contributed by atoms with Crippen molar-refractivity contribution in [1.82, 2.24) is 4.31 Å². The van der Waals surface area contributed by atoms with Gasteiger partial charge in [-0.05, 0) is 48.9 Å². The highest BCUT2D eigenvalue weighted by atomic mass is 35.5. The maximum Gasteiger partial charge on any atom is 0.255 e. The lowest BCUT2D eigenvalue weighted by Crippen LogP contribution is -2.31. The summed E-state index contributed by atoms with van der Waals surface area (Å²) in [6.45, 7) is 4.71. The SMILES string of the molecule is CCCCN(CC)S(=O)(=O)c1ccc(C(=O)Nc2cc(Cl)cc(Cl)c2)cc1. The molecule has 2 aromatic carbocycles.